The molecule has 0 saturated carbocycles. The van der Waals surface area contributed by atoms with Gasteiger partial charge >= 0.3 is 0 Å². The van der Waals surface area contributed by atoms with Gasteiger partial charge in [-0.25, -0.2) is 4.98 Å². The fourth-order valence-corrected chi connectivity index (χ4v) is 4.49. The Balaban J connectivity index is 1.41. The van der Waals surface area contributed by atoms with Crippen LogP contribution < -0.4 is 14.8 Å². The molecule has 6 nitrogen and oxygen atoms in total. The van der Waals surface area contributed by atoms with Gasteiger partial charge in [-0.1, -0.05) is 25.1 Å². The number of aryl methyl sites for hydroxylation is 1. The van der Waals surface area contributed by atoms with Crippen molar-refractivity contribution in [2.45, 2.75) is 19.9 Å². The predicted octanol–water partition coefficient (Wildman–Crippen LogP) is 5.20. The normalized spacial score (nSPS) is 12.8. The summed E-state index contributed by atoms with van der Waals surface area (Å²) in [6.45, 7) is 4.11. The van der Waals surface area contributed by atoms with E-state index in [0.717, 1.165) is 23.7 Å². The topological polar surface area (TPSA) is 65.4 Å². The highest BCUT2D eigenvalue weighted by molar-refractivity contribution is 7.13. The number of hydrogen-bond donors (Lipinski definition) is 1. The minimum Gasteiger partial charge on any atom is -0.486 e. The van der Waals surface area contributed by atoms with Gasteiger partial charge in [0.25, 0.3) is 5.91 Å². The first-order valence-electron chi connectivity index (χ1n) is 9.98. The van der Waals surface area contributed by atoms with Crippen molar-refractivity contribution < 1.29 is 14.3 Å². The molecule has 1 amide bonds. The first-order chi connectivity index (χ1) is 14.7. The van der Waals surface area contributed by atoms with Crippen molar-refractivity contribution in [3.63, 3.8) is 0 Å². The number of rotatable bonds is 5. The van der Waals surface area contributed by atoms with Gasteiger partial charge in [-0.15, -0.1) is 11.3 Å². The van der Waals surface area contributed by atoms with E-state index in [0.29, 0.717) is 36.1 Å². The van der Waals surface area contributed by atoms with Gasteiger partial charge in [0, 0.05) is 34.6 Å². The van der Waals surface area contributed by atoms with Crippen molar-refractivity contribution in [1.29, 1.82) is 0 Å². The molecule has 0 radical (unpaired) electrons. The zero-order valence-corrected chi connectivity index (χ0v) is 17.4. The molecule has 4 aromatic rings. The highest BCUT2D eigenvalue weighted by Crippen LogP contribution is 2.33. The van der Waals surface area contributed by atoms with Crippen LogP contribution in [-0.4, -0.2) is 28.7 Å². The predicted molar refractivity (Wildman–Crippen MR) is 119 cm³/mol. The Morgan fingerprint density at radius 1 is 1.13 bits per heavy atom. The second-order valence-electron chi connectivity index (χ2n) is 7.09. The van der Waals surface area contributed by atoms with E-state index in [4.69, 9.17) is 9.47 Å². The second kappa shape index (κ2) is 7.84. The van der Waals surface area contributed by atoms with Crippen molar-refractivity contribution in [3.05, 3.63) is 59.6 Å². The van der Waals surface area contributed by atoms with E-state index in [-0.39, 0.29) is 5.91 Å². The van der Waals surface area contributed by atoms with E-state index in [9.17, 15) is 4.79 Å². The number of para-hydroxylation sites is 1. The van der Waals surface area contributed by atoms with Crippen LogP contribution in [0.5, 0.6) is 11.5 Å². The number of hydrogen-bond acceptors (Lipinski definition) is 5. The van der Waals surface area contributed by atoms with Crippen LogP contribution >= 0.6 is 11.3 Å². The highest BCUT2D eigenvalue weighted by Gasteiger charge is 2.18. The molecular formula is C23H21N3O3S. The third-order valence-electron chi connectivity index (χ3n) is 5.01. The van der Waals surface area contributed by atoms with Crippen molar-refractivity contribution in [2.24, 2.45) is 0 Å². The standard InChI is InChI=1S/C23H21N3O3S/c1-2-9-26-18-6-4-3-5-15(18)12-19(26)23-25-17(14-30-23)22(27)24-16-7-8-20-21(13-16)29-11-10-28-20/h3-8,12-14H,2,9-11H2,1H3,(H,24,27). The Bertz CT molecular complexity index is 1230. The lowest BCUT2D eigenvalue weighted by atomic mass is 10.2. The van der Waals surface area contributed by atoms with Crippen molar-refractivity contribution >= 4 is 33.8 Å². The number of ether oxygens (including phenoxy) is 2. The molecule has 152 valence electrons. The summed E-state index contributed by atoms with van der Waals surface area (Å²) in [5, 5.41) is 6.72. The number of thiazole rings is 1. The van der Waals surface area contributed by atoms with Crippen molar-refractivity contribution in [3.8, 4) is 22.2 Å². The van der Waals surface area contributed by atoms with E-state index >= 15 is 0 Å². The molecule has 0 unspecified atom stereocenters. The summed E-state index contributed by atoms with van der Waals surface area (Å²) in [5.74, 6) is 1.09. The second-order valence-corrected chi connectivity index (χ2v) is 7.95. The van der Waals surface area contributed by atoms with Crippen LogP contribution in [0.4, 0.5) is 5.69 Å². The monoisotopic (exact) mass is 419 g/mol. The van der Waals surface area contributed by atoms with E-state index < -0.39 is 0 Å². The Morgan fingerprint density at radius 3 is 2.83 bits per heavy atom. The Labute approximate surface area is 178 Å². The van der Waals surface area contributed by atoms with Gasteiger partial charge in [-0.2, -0.15) is 0 Å². The summed E-state index contributed by atoms with van der Waals surface area (Å²) >= 11 is 1.48. The fourth-order valence-electron chi connectivity index (χ4n) is 3.66. The zero-order chi connectivity index (χ0) is 20.5. The van der Waals surface area contributed by atoms with Crippen LogP contribution in [0.2, 0.25) is 0 Å². The summed E-state index contributed by atoms with van der Waals surface area (Å²) < 4.78 is 13.4. The molecule has 0 aliphatic carbocycles. The first-order valence-corrected chi connectivity index (χ1v) is 10.9. The number of carbonyl (C=O) groups excluding carboxylic acids is 1. The van der Waals surface area contributed by atoms with Gasteiger partial charge in [0.05, 0.1) is 5.69 Å². The molecule has 3 heterocycles. The molecule has 1 aliphatic heterocycles. The maximum Gasteiger partial charge on any atom is 0.275 e. The molecule has 0 atom stereocenters. The van der Waals surface area contributed by atoms with E-state index in [1.165, 1.54) is 22.2 Å². The average molecular weight is 420 g/mol. The highest BCUT2D eigenvalue weighted by atomic mass is 32.1. The Hall–Kier alpha value is -3.32. The van der Waals surface area contributed by atoms with Gasteiger partial charge in [-0.3, -0.25) is 4.79 Å². The maximum atomic E-state index is 12.8. The fraction of sp³-hybridized carbons (Fsp3) is 0.217. The number of amides is 1. The SMILES string of the molecule is CCCn1c(-c2nc(C(=O)Nc3ccc4c(c3)OCCO4)cs2)cc2ccccc21. The summed E-state index contributed by atoms with van der Waals surface area (Å²) in [6, 6.07) is 15.8. The van der Waals surface area contributed by atoms with Gasteiger partial charge in [0.1, 0.15) is 23.9 Å². The summed E-state index contributed by atoms with van der Waals surface area (Å²) in [5.41, 5.74) is 3.28. The molecule has 2 aromatic carbocycles. The van der Waals surface area contributed by atoms with E-state index in [1.807, 2.05) is 12.1 Å². The van der Waals surface area contributed by atoms with Crippen molar-refractivity contribution in [1.82, 2.24) is 9.55 Å². The van der Waals surface area contributed by atoms with Crippen LogP contribution in [0.25, 0.3) is 21.6 Å². The van der Waals surface area contributed by atoms with Gasteiger partial charge in [0.2, 0.25) is 0 Å². The number of benzene rings is 2. The maximum absolute atomic E-state index is 12.8. The van der Waals surface area contributed by atoms with E-state index in [1.54, 1.807) is 23.6 Å². The number of nitrogens with zero attached hydrogens (tertiary/aromatic N) is 2. The molecule has 2 aromatic heterocycles. The lowest BCUT2D eigenvalue weighted by molar-refractivity contribution is 0.102. The minimum absolute atomic E-state index is 0.243. The largest absolute Gasteiger partial charge is 0.486 e. The molecule has 0 bridgehead atoms. The zero-order valence-electron chi connectivity index (χ0n) is 16.6. The minimum atomic E-state index is -0.243. The van der Waals surface area contributed by atoms with Gasteiger partial charge < -0.3 is 19.4 Å². The third kappa shape index (κ3) is 3.41. The molecule has 5 rings (SSSR count). The molecular weight excluding hydrogens is 398 g/mol. The summed E-state index contributed by atoms with van der Waals surface area (Å²) in [6.07, 6.45) is 1.02. The van der Waals surface area contributed by atoms with Crippen LogP contribution in [0.1, 0.15) is 23.8 Å². The van der Waals surface area contributed by atoms with Gasteiger partial charge in [-0.05, 0) is 30.7 Å². The van der Waals surface area contributed by atoms with Crippen molar-refractivity contribution in [2.75, 3.05) is 18.5 Å². The van der Waals surface area contributed by atoms with Crippen LogP contribution in [0.15, 0.2) is 53.9 Å². The van der Waals surface area contributed by atoms with E-state index in [2.05, 4.69) is 40.0 Å². The molecule has 0 spiro atoms. The number of nitrogens with one attached hydrogen (secondary N) is 1. The summed E-state index contributed by atoms with van der Waals surface area (Å²) in [4.78, 5) is 17.4. The molecule has 1 N–H and O–H groups in total. The number of aromatic nitrogens is 2. The number of fused-ring (bicyclic) bond motifs is 2. The summed E-state index contributed by atoms with van der Waals surface area (Å²) in [7, 11) is 0. The Morgan fingerprint density at radius 2 is 1.97 bits per heavy atom. The molecule has 7 heteroatoms. The molecule has 0 saturated heterocycles. The molecule has 30 heavy (non-hydrogen) atoms. The number of carbonyl (C=O) groups is 1. The number of anilines is 1. The lowest BCUT2D eigenvalue weighted by Gasteiger charge is -2.18. The van der Waals surface area contributed by atoms with Crippen LogP contribution in [-0.2, 0) is 6.54 Å². The molecule has 0 fully saturated rings. The van der Waals surface area contributed by atoms with Crippen LogP contribution in [0.3, 0.4) is 0 Å². The average Bonchev–Trinajstić information content (AvgIpc) is 3.39. The van der Waals surface area contributed by atoms with Crippen LogP contribution in [0, 0.1) is 0 Å². The first kappa shape index (κ1) is 18.7. The quantitative estimate of drug-likeness (QED) is 0.483. The smallest absolute Gasteiger partial charge is 0.275 e. The third-order valence-corrected chi connectivity index (χ3v) is 5.88. The molecule has 1 aliphatic rings. The van der Waals surface area contributed by atoms with Gasteiger partial charge in [0.15, 0.2) is 11.5 Å². The lowest BCUT2D eigenvalue weighted by Crippen LogP contribution is -2.16. The Kier molecular flexibility index (Phi) is 4.88.